The number of hydrogen-bond donors (Lipinski definition) is 0. The van der Waals surface area contributed by atoms with Crippen LogP contribution < -0.4 is 0 Å². The maximum atomic E-state index is 13.0. The van der Waals surface area contributed by atoms with Gasteiger partial charge in [-0.1, -0.05) is 18.2 Å². The lowest BCUT2D eigenvalue weighted by Gasteiger charge is -2.13. The Hall–Kier alpha value is -1.45. The van der Waals surface area contributed by atoms with E-state index < -0.39 is 11.9 Å². The molecule has 4 heteroatoms. The smallest absolute Gasteiger partial charge is 0.338 e. The molecule has 0 heterocycles. The van der Waals surface area contributed by atoms with Crippen molar-refractivity contribution in [1.29, 1.82) is 0 Å². The summed E-state index contributed by atoms with van der Waals surface area (Å²) in [5.41, 5.74) is -0.408. The fraction of sp³-hybridized carbons (Fsp3) is 0.300. The number of alkyl halides is 2. The van der Waals surface area contributed by atoms with Crippen molar-refractivity contribution >= 4 is 5.97 Å². The van der Waals surface area contributed by atoms with Crippen LogP contribution in [0, 0.1) is 0 Å². The van der Waals surface area contributed by atoms with E-state index in [1.165, 1.54) is 24.3 Å². The van der Waals surface area contributed by atoms with Crippen molar-refractivity contribution in [2.24, 2.45) is 0 Å². The van der Waals surface area contributed by atoms with Crippen LogP contribution in [0.15, 0.2) is 24.3 Å². The van der Waals surface area contributed by atoms with E-state index in [9.17, 15) is 13.6 Å². The molecule has 0 saturated heterocycles. The van der Waals surface area contributed by atoms with Crippen molar-refractivity contribution < 1.29 is 18.3 Å². The first kappa shape index (κ1) is 10.6. The fourth-order valence-electron chi connectivity index (χ4n) is 1.15. The third kappa shape index (κ3) is 2.07. The van der Waals surface area contributed by atoms with Gasteiger partial charge in [0.25, 0.3) is 5.92 Å². The molecule has 0 saturated carbocycles. The van der Waals surface area contributed by atoms with Crippen LogP contribution in [-0.2, 0) is 10.7 Å². The second-order valence-corrected chi connectivity index (χ2v) is 2.93. The molecule has 0 aliphatic heterocycles. The Labute approximate surface area is 80.5 Å². The number of hydrogen-bond acceptors (Lipinski definition) is 2. The zero-order valence-electron chi connectivity index (χ0n) is 7.88. The van der Waals surface area contributed by atoms with Crippen molar-refractivity contribution in [3.05, 3.63) is 35.4 Å². The average molecular weight is 200 g/mol. The lowest BCUT2D eigenvalue weighted by Crippen LogP contribution is -2.14. The SMILES string of the molecule is COC(=O)c1ccccc1C(C)(F)F. The number of carbonyl (C=O) groups excluding carboxylic acids is 1. The Morgan fingerprint density at radius 3 is 2.43 bits per heavy atom. The topological polar surface area (TPSA) is 26.3 Å². The molecule has 76 valence electrons. The van der Waals surface area contributed by atoms with Crippen molar-refractivity contribution in [1.82, 2.24) is 0 Å². The van der Waals surface area contributed by atoms with E-state index in [0.29, 0.717) is 0 Å². The van der Waals surface area contributed by atoms with Crippen LogP contribution in [-0.4, -0.2) is 13.1 Å². The van der Waals surface area contributed by atoms with Gasteiger partial charge in [0.15, 0.2) is 0 Å². The minimum Gasteiger partial charge on any atom is -0.465 e. The molecule has 1 aromatic rings. The normalized spacial score (nSPS) is 11.1. The van der Waals surface area contributed by atoms with Gasteiger partial charge >= 0.3 is 5.97 Å². The highest BCUT2D eigenvalue weighted by atomic mass is 19.3. The molecule has 0 aliphatic rings. The van der Waals surface area contributed by atoms with Crippen molar-refractivity contribution in [2.45, 2.75) is 12.8 Å². The first-order valence-corrected chi connectivity index (χ1v) is 4.02. The van der Waals surface area contributed by atoms with Gasteiger partial charge in [0.2, 0.25) is 0 Å². The van der Waals surface area contributed by atoms with Gasteiger partial charge in [-0.2, -0.15) is 0 Å². The Morgan fingerprint density at radius 2 is 1.93 bits per heavy atom. The highest BCUT2D eigenvalue weighted by Gasteiger charge is 2.29. The molecule has 0 aliphatic carbocycles. The molecular weight excluding hydrogens is 190 g/mol. The predicted octanol–water partition coefficient (Wildman–Crippen LogP) is 2.58. The predicted molar refractivity (Wildman–Crippen MR) is 47.3 cm³/mol. The first-order chi connectivity index (χ1) is 6.46. The zero-order valence-corrected chi connectivity index (χ0v) is 7.88. The van der Waals surface area contributed by atoms with Crippen LogP contribution in [0.25, 0.3) is 0 Å². The van der Waals surface area contributed by atoms with Gasteiger partial charge in [0, 0.05) is 12.5 Å². The maximum Gasteiger partial charge on any atom is 0.338 e. The van der Waals surface area contributed by atoms with Crippen LogP contribution in [0.5, 0.6) is 0 Å². The third-order valence-electron chi connectivity index (χ3n) is 1.81. The van der Waals surface area contributed by atoms with Gasteiger partial charge in [-0.15, -0.1) is 0 Å². The largest absolute Gasteiger partial charge is 0.465 e. The monoisotopic (exact) mass is 200 g/mol. The van der Waals surface area contributed by atoms with E-state index in [1.54, 1.807) is 0 Å². The third-order valence-corrected chi connectivity index (χ3v) is 1.81. The van der Waals surface area contributed by atoms with Gasteiger partial charge in [-0.3, -0.25) is 0 Å². The molecule has 1 rings (SSSR count). The summed E-state index contributed by atoms with van der Waals surface area (Å²) in [6.45, 7) is 0.745. The Balaban J connectivity index is 3.23. The number of methoxy groups -OCH3 is 1. The molecule has 0 atom stereocenters. The highest BCUT2D eigenvalue weighted by molar-refractivity contribution is 5.91. The second kappa shape index (κ2) is 3.74. The van der Waals surface area contributed by atoms with Crippen LogP contribution in [0.2, 0.25) is 0 Å². The van der Waals surface area contributed by atoms with Crippen molar-refractivity contribution in [3.63, 3.8) is 0 Å². The van der Waals surface area contributed by atoms with Gasteiger partial charge in [-0.25, -0.2) is 13.6 Å². The Morgan fingerprint density at radius 1 is 1.36 bits per heavy atom. The van der Waals surface area contributed by atoms with Crippen LogP contribution in [0.3, 0.4) is 0 Å². The summed E-state index contributed by atoms with van der Waals surface area (Å²) in [6, 6.07) is 5.51. The number of ether oxygens (including phenoxy) is 1. The molecule has 0 N–H and O–H groups in total. The molecular formula is C10H10F2O2. The minimum atomic E-state index is -3.04. The minimum absolute atomic E-state index is 0.0949. The van der Waals surface area contributed by atoms with E-state index >= 15 is 0 Å². The van der Waals surface area contributed by atoms with E-state index in [-0.39, 0.29) is 11.1 Å². The van der Waals surface area contributed by atoms with E-state index in [1.807, 2.05) is 0 Å². The highest BCUT2D eigenvalue weighted by Crippen LogP contribution is 2.29. The Kier molecular flexibility index (Phi) is 2.84. The summed E-state index contributed by atoms with van der Waals surface area (Å²) in [6.07, 6.45) is 0. The number of benzene rings is 1. The van der Waals surface area contributed by atoms with E-state index in [2.05, 4.69) is 4.74 Å². The first-order valence-electron chi connectivity index (χ1n) is 4.02. The molecule has 0 amide bonds. The van der Waals surface area contributed by atoms with Gasteiger partial charge in [0.05, 0.1) is 12.7 Å². The standard InChI is InChI=1S/C10H10F2O2/c1-10(11,12)8-6-4-3-5-7(8)9(13)14-2/h3-6H,1-2H3. The molecule has 2 nitrogen and oxygen atoms in total. The number of carbonyl (C=O) groups is 1. The summed E-state index contributed by atoms with van der Waals surface area (Å²) < 4.78 is 30.4. The van der Waals surface area contributed by atoms with E-state index in [0.717, 1.165) is 14.0 Å². The summed E-state index contributed by atoms with van der Waals surface area (Å²) in [7, 11) is 1.16. The summed E-state index contributed by atoms with van der Waals surface area (Å²) in [5, 5.41) is 0. The van der Waals surface area contributed by atoms with Crippen molar-refractivity contribution in [3.8, 4) is 0 Å². The lowest BCUT2D eigenvalue weighted by atomic mass is 10.0. The Bertz CT molecular complexity index is 342. The van der Waals surface area contributed by atoms with Crippen LogP contribution in [0.1, 0.15) is 22.8 Å². The summed E-state index contributed by atoms with van der Waals surface area (Å²) in [5.74, 6) is -3.78. The van der Waals surface area contributed by atoms with Crippen molar-refractivity contribution in [2.75, 3.05) is 7.11 Å². The molecule has 0 radical (unpaired) electrons. The second-order valence-electron chi connectivity index (χ2n) is 2.93. The molecule has 0 bridgehead atoms. The quantitative estimate of drug-likeness (QED) is 0.686. The molecule has 14 heavy (non-hydrogen) atoms. The van der Waals surface area contributed by atoms with Gasteiger partial charge in [-0.05, 0) is 6.07 Å². The van der Waals surface area contributed by atoms with Crippen LogP contribution in [0.4, 0.5) is 8.78 Å². The number of esters is 1. The average Bonchev–Trinajstić information content (AvgIpc) is 2.15. The molecule has 0 fully saturated rings. The molecule has 0 spiro atoms. The lowest BCUT2D eigenvalue weighted by molar-refractivity contribution is 0.0148. The maximum absolute atomic E-state index is 13.0. The summed E-state index contributed by atoms with van der Waals surface area (Å²) >= 11 is 0. The van der Waals surface area contributed by atoms with Gasteiger partial charge < -0.3 is 4.74 Å². The van der Waals surface area contributed by atoms with E-state index in [4.69, 9.17) is 0 Å². The molecule has 0 aromatic heterocycles. The molecule has 1 aromatic carbocycles. The van der Waals surface area contributed by atoms with Gasteiger partial charge in [0.1, 0.15) is 0 Å². The zero-order chi connectivity index (χ0) is 10.8. The number of halogens is 2. The summed E-state index contributed by atoms with van der Waals surface area (Å²) in [4.78, 5) is 11.1. The molecule has 0 unspecified atom stereocenters. The fourth-order valence-corrected chi connectivity index (χ4v) is 1.15. The van der Waals surface area contributed by atoms with Crippen LogP contribution >= 0.6 is 0 Å². The number of rotatable bonds is 2.